The number of nitrogens with two attached hydrogens (primary N) is 1. The zero-order chi connectivity index (χ0) is 41.0. The average Bonchev–Trinajstić information content (AvgIpc) is 3.88. The Hall–Kier alpha value is -4.57. The molecule has 2 aromatic carbocycles. The van der Waals surface area contributed by atoms with Crippen LogP contribution < -0.4 is 11.1 Å². The number of benzene rings is 2. The van der Waals surface area contributed by atoms with Crippen LogP contribution in [0.2, 0.25) is 0 Å². The monoisotopic (exact) mass is 844 g/mol. The van der Waals surface area contributed by atoms with Gasteiger partial charge in [-0.1, -0.05) is 24.3 Å². The zero-order valence-corrected chi connectivity index (χ0v) is 37.0. The molecule has 0 radical (unpaired) electrons. The molecule has 300 valence electrons. The minimum atomic E-state index is -0.530. The van der Waals surface area contributed by atoms with Crippen molar-refractivity contribution in [2.75, 3.05) is 24.1 Å². The summed E-state index contributed by atoms with van der Waals surface area (Å²) >= 11 is 6.40. The molecule has 6 heterocycles. The van der Waals surface area contributed by atoms with E-state index in [4.69, 9.17) is 25.2 Å². The van der Waals surface area contributed by atoms with Crippen LogP contribution in [0, 0.1) is 13.8 Å². The van der Waals surface area contributed by atoms with Crippen molar-refractivity contribution in [1.29, 1.82) is 0 Å². The highest BCUT2D eigenvalue weighted by Crippen LogP contribution is 2.47. The number of ether oxygens (including phenoxy) is 2. The second-order valence-electron chi connectivity index (χ2n) is 16.3. The Morgan fingerprint density at radius 3 is 1.61 bits per heavy atom. The lowest BCUT2D eigenvalue weighted by Crippen LogP contribution is -2.39. The molecule has 57 heavy (non-hydrogen) atoms. The van der Waals surface area contributed by atoms with Gasteiger partial charge in [0.25, 0.3) is 0 Å². The summed E-state index contributed by atoms with van der Waals surface area (Å²) in [6, 6.07) is 12.4. The smallest absolute Gasteiger partial charge is 0.410 e. The molecule has 2 aliphatic heterocycles. The first kappa shape index (κ1) is 40.6. The van der Waals surface area contributed by atoms with Gasteiger partial charge in [-0.2, -0.15) is 0 Å². The molecule has 0 spiro atoms. The summed E-state index contributed by atoms with van der Waals surface area (Å²) < 4.78 is 13.4. The minimum absolute atomic E-state index is 0.115. The fourth-order valence-corrected chi connectivity index (χ4v) is 11.7. The largest absolute Gasteiger partial charge is 0.444 e. The van der Waals surface area contributed by atoms with Gasteiger partial charge < -0.3 is 30.3 Å². The molecule has 2 aliphatic rings. The fourth-order valence-electron chi connectivity index (χ4n) is 6.89. The second-order valence-corrected chi connectivity index (χ2v) is 20.6. The number of nitrogens with one attached hydrogen (secondary N) is 1. The third kappa shape index (κ3) is 8.81. The molecule has 3 N–H and O–H groups in total. The van der Waals surface area contributed by atoms with Gasteiger partial charge >= 0.3 is 12.2 Å². The van der Waals surface area contributed by atoms with Crippen molar-refractivity contribution in [2.45, 2.75) is 99.4 Å². The Morgan fingerprint density at radius 1 is 0.702 bits per heavy atom. The number of anilines is 2. The van der Waals surface area contributed by atoms with Crippen LogP contribution in [0.3, 0.4) is 0 Å². The number of thiazole rings is 2. The lowest BCUT2D eigenvalue weighted by atomic mass is 10.0. The Bertz CT molecular complexity index is 2520. The lowest BCUT2D eigenvalue weighted by molar-refractivity contribution is -0.114. The van der Waals surface area contributed by atoms with Gasteiger partial charge in [-0.3, -0.25) is 4.79 Å². The summed E-state index contributed by atoms with van der Waals surface area (Å²) in [6.07, 6.45) is 0.901. The third-order valence-corrected chi connectivity index (χ3v) is 13.7. The Kier molecular flexibility index (Phi) is 11.2. The number of nitrogen functional groups attached to an aromatic ring is 1. The van der Waals surface area contributed by atoms with Crippen LogP contribution in [0.25, 0.3) is 41.6 Å². The molecule has 0 aliphatic carbocycles. The van der Waals surface area contributed by atoms with Gasteiger partial charge in [0, 0.05) is 40.9 Å². The number of carbonyl (C=O) groups is 3. The normalized spacial score (nSPS) is 14.2. The van der Waals surface area contributed by atoms with Crippen molar-refractivity contribution in [3.05, 3.63) is 68.4 Å². The van der Waals surface area contributed by atoms with Gasteiger partial charge in [0.05, 0.1) is 38.5 Å². The summed E-state index contributed by atoms with van der Waals surface area (Å²) in [5.74, 6) is -0.115. The number of hydrogen-bond donors (Lipinski definition) is 2. The summed E-state index contributed by atoms with van der Waals surface area (Å²) in [5.41, 5.74) is 14.2. The van der Waals surface area contributed by atoms with E-state index in [0.29, 0.717) is 32.6 Å². The maximum Gasteiger partial charge on any atom is 0.410 e. The highest BCUT2D eigenvalue weighted by Gasteiger charge is 2.33. The standard InChI is InChI=1S/C22H25N3O3S2.C20H23N3O2S2/c1-12-7-6-8-15-18(12)24-20(29-15)17-14-9-10-25(21(27)28-22(3,4)5)11-16(14)30-19(17)23-13(2)26;1-11-6-5-7-13-16(11)22-18(27-13)15-12-8-9-23(10-14(12)26-17(15)21)19(24)25-20(2,3)4/h6-8H,9-11H2,1-5H3,(H,23,26);5-7H,8-10,21H2,1-4H3. The third-order valence-electron chi connectivity index (χ3n) is 9.40. The van der Waals surface area contributed by atoms with E-state index in [1.165, 1.54) is 39.7 Å². The maximum atomic E-state index is 12.5. The molecule has 8 rings (SSSR count). The van der Waals surface area contributed by atoms with Gasteiger partial charge in [0.2, 0.25) is 5.91 Å². The van der Waals surface area contributed by atoms with Crippen molar-refractivity contribution in [1.82, 2.24) is 19.8 Å². The molecule has 15 heteroatoms. The molecule has 4 aromatic heterocycles. The maximum absolute atomic E-state index is 12.5. The summed E-state index contributed by atoms with van der Waals surface area (Å²) in [4.78, 5) is 52.3. The van der Waals surface area contributed by atoms with Gasteiger partial charge in [-0.05, 0) is 103 Å². The molecule has 11 nitrogen and oxygen atoms in total. The summed E-state index contributed by atoms with van der Waals surface area (Å²) in [6.45, 7) is 19.1. The number of aromatic nitrogens is 2. The Balaban J connectivity index is 0.000000175. The molecule has 0 bridgehead atoms. The van der Waals surface area contributed by atoms with Gasteiger partial charge in [-0.25, -0.2) is 19.6 Å². The van der Waals surface area contributed by atoms with Crippen LogP contribution in [-0.4, -0.2) is 62.2 Å². The molecule has 6 aromatic rings. The number of fused-ring (bicyclic) bond motifs is 4. The summed E-state index contributed by atoms with van der Waals surface area (Å²) in [7, 11) is 0. The number of aryl methyl sites for hydroxylation is 2. The number of amides is 3. The van der Waals surface area contributed by atoms with E-state index < -0.39 is 11.2 Å². The highest BCUT2D eigenvalue weighted by atomic mass is 32.1. The Labute approximate surface area is 348 Å². The first-order valence-corrected chi connectivity index (χ1v) is 22.1. The predicted molar refractivity (Wildman–Crippen MR) is 235 cm³/mol. The first-order chi connectivity index (χ1) is 26.8. The molecular formula is C42H48N6O5S4. The topological polar surface area (TPSA) is 140 Å². The van der Waals surface area contributed by atoms with Gasteiger partial charge in [0.1, 0.15) is 26.2 Å². The van der Waals surface area contributed by atoms with Crippen molar-refractivity contribution < 1.29 is 23.9 Å². The van der Waals surface area contributed by atoms with E-state index in [2.05, 4.69) is 49.5 Å². The molecule has 0 saturated heterocycles. The number of rotatable bonds is 3. The van der Waals surface area contributed by atoms with Crippen LogP contribution in [-0.2, 0) is 40.2 Å². The second kappa shape index (κ2) is 15.6. The number of carbonyl (C=O) groups excluding carboxylic acids is 3. The predicted octanol–water partition coefficient (Wildman–Crippen LogP) is 10.8. The van der Waals surface area contributed by atoms with E-state index in [1.54, 1.807) is 43.8 Å². The van der Waals surface area contributed by atoms with Crippen LogP contribution in [0.5, 0.6) is 0 Å². The number of para-hydroxylation sites is 2. The number of nitrogens with zero attached hydrogens (tertiary/aromatic N) is 4. The quantitative estimate of drug-likeness (QED) is 0.179. The van der Waals surface area contributed by atoms with E-state index in [-0.39, 0.29) is 18.1 Å². The summed E-state index contributed by atoms with van der Waals surface area (Å²) in [5, 5.41) is 6.44. The minimum Gasteiger partial charge on any atom is -0.444 e. The first-order valence-electron chi connectivity index (χ1n) is 18.9. The van der Waals surface area contributed by atoms with E-state index in [1.807, 2.05) is 47.6 Å². The zero-order valence-electron chi connectivity index (χ0n) is 33.7. The molecule has 0 unspecified atom stereocenters. The van der Waals surface area contributed by atoms with E-state index in [9.17, 15) is 14.4 Å². The highest BCUT2D eigenvalue weighted by molar-refractivity contribution is 7.23. The lowest BCUT2D eigenvalue weighted by Gasteiger charge is -2.30. The number of thiophene rings is 2. The Morgan fingerprint density at radius 2 is 1.16 bits per heavy atom. The van der Waals surface area contributed by atoms with Gasteiger partial charge in [0.15, 0.2) is 0 Å². The molecule has 0 fully saturated rings. The average molecular weight is 845 g/mol. The molecule has 0 saturated carbocycles. The van der Waals surface area contributed by atoms with Crippen LogP contribution in [0.4, 0.5) is 19.6 Å². The SMILES string of the molecule is CC(=O)Nc1sc2c(c1-c1nc3c(C)cccc3s1)CCN(C(=O)OC(C)(C)C)C2.Cc1cccc2sc(-c3c(N)sc4c3CCN(C(=O)OC(C)(C)C)C4)nc12. The molecular weight excluding hydrogens is 797 g/mol. The van der Waals surface area contributed by atoms with E-state index >= 15 is 0 Å². The van der Waals surface area contributed by atoms with Crippen molar-refractivity contribution in [3.8, 4) is 21.1 Å². The van der Waals surface area contributed by atoms with Crippen molar-refractivity contribution in [3.63, 3.8) is 0 Å². The molecule has 0 atom stereocenters. The van der Waals surface area contributed by atoms with Crippen molar-refractivity contribution >= 4 is 93.9 Å². The van der Waals surface area contributed by atoms with Crippen LogP contribution >= 0.6 is 45.3 Å². The molecule has 3 amide bonds. The van der Waals surface area contributed by atoms with Crippen molar-refractivity contribution in [2.24, 2.45) is 0 Å². The van der Waals surface area contributed by atoms with Crippen LogP contribution in [0.15, 0.2) is 36.4 Å². The fraction of sp³-hybridized carbons (Fsp3) is 0.405. The van der Waals surface area contributed by atoms with Crippen LogP contribution in [0.1, 0.15) is 80.5 Å². The number of hydrogen-bond acceptors (Lipinski definition) is 12. The van der Waals surface area contributed by atoms with Gasteiger partial charge in [-0.15, -0.1) is 45.3 Å². The van der Waals surface area contributed by atoms with E-state index in [0.717, 1.165) is 68.6 Å².